The summed E-state index contributed by atoms with van der Waals surface area (Å²) in [5, 5.41) is 0. The summed E-state index contributed by atoms with van der Waals surface area (Å²) in [6.07, 6.45) is 11.5. The van der Waals surface area contributed by atoms with Crippen LogP contribution in [-0.2, 0) is 47.7 Å². The van der Waals surface area contributed by atoms with Gasteiger partial charge in [0, 0.05) is 35.5 Å². The summed E-state index contributed by atoms with van der Waals surface area (Å²) in [5.41, 5.74) is -2.75. The highest BCUT2D eigenvalue weighted by Crippen LogP contribution is 2.67. The molecular formula is C43H58O10. The topological polar surface area (TPSA) is 132 Å². The molecule has 1 heterocycles. The molecule has 53 heavy (non-hydrogen) atoms. The maximum atomic E-state index is 14.1. The summed E-state index contributed by atoms with van der Waals surface area (Å²) in [6, 6.07) is 0. The fourth-order valence-corrected chi connectivity index (χ4v) is 14.6. The first-order valence-electron chi connectivity index (χ1n) is 21.0. The van der Waals surface area contributed by atoms with Gasteiger partial charge in [0.25, 0.3) is 0 Å². The molecule has 12 saturated carbocycles. The van der Waals surface area contributed by atoms with E-state index in [0.29, 0.717) is 74.5 Å². The molecule has 6 unspecified atom stereocenters. The Morgan fingerprint density at radius 1 is 0.566 bits per heavy atom. The highest BCUT2D eigenvalue weighted by atomic mass is 16.7. The molecule has 12 bridgehead atoms. The van der Waals surface area contributed by atoms with Crippen LogP contribution >= 0.6 is 0 Å². The predicted molar refractivity (Wildman–Crippen MR) is 187 cm³/mol. The Bertz CT molecular complexity index is 1490. The van der Waals surface area contributed by atoms with Gasteiger partial charge in [-0.25, -0.2) is 0 Å². The highest BCUT2D eigenvalue weighted by Gasteiger charge is 2.69. The maximum Gasteiger partial charge on any atom is 0.312 e. The monoisotopic (exact) mass is 734 g/mol. The number of hydrogen-bond acceptors (Lipinski definition) is 10. The van der Waals surface area contributed by atoms with Crippen LogP contribution in [0.3, 0.4) is 0 Å². The summed E-state index contributed by atoms with van der Waals surface area (Å²) >= 11 is 0. The first kappa shape index (κ1) is 35.1. The van der Waals surface area contributed by atoms with Crippen LogP contribution in [-0.4, -0.2) is 68.3 Å². The molecule has 290 valence electrons. The number of Topliss-reactive ketones (excluding diaryl/α,β-unsaturated/α-hetero) is 2. The molecule has 13 aliphatic rings. The summed E-state index contributed by atoms with van der Waals surface area (Å²) < 4.78 is 32.4. The lowest BCUT2D eigenvalue weighted by atomic mass is 9.47. The van der Waals surface area contributed by atoms with Crippen molar-refractivity contribution in [3.05, 3.63) is 0 Å². The van der Waals surface area contributed by atoms with Crippen molar-refractivity contribution >= 4 is 29.5 Å². The Kier molecular flexibility index (Phi) is 7.69. The second-order valence-electron chi connectivity index (χ2n) is 21.8. The van der Waals surface area contributed by atoms with Crippen LogP contribution in [0.5, 0.6) is 0 Å². The van der Waals surface area contributed by atoms with Crippen molar-refractivity contribution in [3.8, 4) is 0 Å². The van der Waals surface area contributed by atoms with Gasteiger partial charge in [0.1, 0.15) is 24.8 Å². The predicted octanol–water partition coefficient (Wildman–Crippen LogP) is 6.01. The molecule has 0 aromatic carbocycles. The van der Waals surface area contributed by atoms with E-state index >= 15 is 0 Å². The molecule has 1 saturated heterocycles. The van der Waals surface area contributed by atoms with E-state index in [1.165, 1.54) is 0 Å². The average molecular weight is 735 g/mol. The quantitative estimate of drug-likeness (QED) is 0.216. The van der Waals surface area contributed by atoms with Crippen LogP contribution in [0.25, 0.3) is 0 Å². The second kappa shape index (κ2) is 11.6. The van der Waals surface area contributed by atoms with Crippen molar-refractivity contribution < 1.29 is 47.7 Å². The third kappa shape index (κ3) is 5.39. The Morgan fingerprint density at radius 3 is 1.36 bits per heavy atom. The van der Waals surface area contributed by atoms with Crippen LogP contribution in [0, 0.1) is 80.3 Å². The Balaban J connectivity index is 0.868. The number of carbonyl (C=O) groups excluding carboxylic acids is 5. The standard InChI is InChI=1S/C43H58O10/c1-38(2,3)19-49-37(48)42-12-26-8-31(17-42)43(32(9-26)18-42)52-22-39(23-53-43,20-50-35(46)40-10-24-4-27(13-40)33(44)28(5-24)14-40)21-51-36(47)41-11-25-6-29(15-41)34(45)30(7-25)16-41/h24-32H,4-23H2,1-3H3. The van der Waals surface area contributed by atoms with Crippen LogP contribution in [0.15, 0.2) is 0 Å². The number of rotatable bonds is 8. The molecule has 0 amide bonds. The van der Waals surface area contributed by atoms with Gasteiger partial charge in [-0.1, -0.05) is 20.8 Å². The number of ether oxygens (including phenoxy) is 5. The molecule has 10 nitrogen and oxygen atoms in total. The summed E-state index contributed by atoms with van der Waals surface area (Å²) in [7, 11) is 0. The van der Waals surface area contributed by atoms with E-state index in [-0.39, 0.29) is 85.3 Å². The van der Waals surface area contributed by atoms with Crippen molar-refractivity contribution in [2.75, 3.05) is 33.0 Å². The lowest BCUT2D eigenvalue weighted by Crippen LogP contribution is -2.68. The third-order valence-electron chi connectivity index (χ3n) is 16.5. The van der Waals surface area contributed by atoms with Gasteiger partial charge in [-0.2, -0.15) is 0 Å². The molecule has 13 rings (SSSR count). The maximum absolute atomic E-state index is 14.1. The minimum Gasteiger partial charge on any atom is -0.465 e. The van der Waals surface area contributed by atoms with Gasteiger partial charge < -0.3 is 23.7 Å². The second-order valence-corrected chi connectivity index (χ2v) is 21.8. The van der Waals surface area contributed by atoms with Gasteiger partial charge in [0.2, 0.25) is 0 Å². The minimum atomic E-state index is -0.898. The zero-order valence-electron chi connectivity index (χ0n) is 31.9. The summed E-state index contributed by atoms with van der Waals surface area (Å²) in [6.45, 7) is 7.06. The van der Waals surface area contributed by atoms with Gasteiger partial charge in [0.05, 0.1) is 41.5 Å². The van der Waals surface area contributed by atoms with Crippen LogP contribution in [0.2, 0.25) is 0 Å². The van der Waals surface area contributed by atoms with Crippen molar-refractivity contribution in [3.63, 3.8) is 0 Å². The van der Waals surface area contributed by atoms with Gasteiger partial charge >= 0.3 is 17.9 Å². The lowest BCUT2D eigenvalue weighted by molar-refractivity contribution is -0.391. The first-order valence-corrected chi connectivity index (χ1v) is 21.0. The third-order valence-corrected chi connectivity index (χ3v) is 16.5. The zero-order chi connectivity index (χ0) is 36.8. The molecular weight excluding hydrogens is 676 g/mol. The van der Waals surface area contributed by atoms with E-state index in [1.54, 1.807) is 0 Å². The molecule has 12 aliphatic carbocycles. The van der Waals surface area contributed by atoms with Gasteiger partial charge in [0.15, 0.2) is 5.79 Å². The molecule has 1 spiro atoms. The average Bonchev–Trinajstić information content (AvgIpc) is 3.11. The molecule has 13 fully saturated rings. The number of carbonyl (C=O) groups is 5. The van der Waals surface area contributed by atoms with E-state index in [0.717, 1.165) is 57.8 Å². The molecule has 0 radical (unpaired) electrons. The first-order chi connectivity index (χ1) is 25.1. The van der Waals surface area contributed by atoms with Crippen molar-refractivity contribution in [1.82, 2.24) is 0 Å². The largest absolute Gasteiger partial charge is 0.465 e. The summed E-state index contributed by atoms with van der Waals surface area (Å²) in [5.74, 6) is 0.446. The van der Waals surface area contributed by atoms with E-state index in [1.807, 2.05) is 0 Å². The van der Waals surface area contributed by atoms with Crippen molar-refractivity contribution in [1.29, 1.82) is 0 Å². The number of ketones is 2. The highest BCUT2D eigenvalue weighted by molar-refractivity contribution is 5.90. The van der Waals surface area contributed by atoms with Crippen LogP contribution in [0.4, 0.5) is 0 Å². The molecule has 1 aliphatic heterocycles. The van der Waals surface area contributed by atoms with Gasteiger partial charge in [-0.15, -0.1) is 0 Å². The minimum absolute atomic E-state index is 0.00523. The molecule has 6 atom stereocenters. The fourth-order valence-electron chi connectivity index (χ4n) is 14.6. The van der Waals surface area contributed by atoms with E-state index in [2.05, 4.69) is 20.8 Å². The smallest absolute Gasteiger partial charge is 0.312 e. The van der Waals surface area contributed by atoms with Crippen LogP contribution < -0.4 is 0 Å². The number of hydrogen-bond donors (Lipinski definition) is 0. The Labute approximate surface area is 312 Å². The van der Waals surface area contributed by atoms with Crippen molar-refractivity contribution in [2.24, 2.45) is 80.3 Å². The Hall–Kier alpha value is -2.33. The fraction of sp³-hybridized carbons (Fsp3) is 0.884. The van der Waals surface area contributed by atoms with E-state index in [4.69, 9.17) is 23.7 Å². The Morgan fingerprint density at radius 2 is 0.943 bits per heavy atom. The van der Waals surface area contributed by atoms with Gasteiger partial charge in [-0.3, -0.25) is 24.0 Å². The van der Waals surface area contributed by atoms with E-state index < -0.39 is 27.4 Å². The number of esters is 3. The molecule has 10 heteroatoms. The van der Waals surface area contributed by atoms with Crippen LogP contribution in [0.1, 0.15) is 117 Å². The van der Waals surface area contributed by atoms with Gasteiger partial charge in [-0.05, 0) is 119 Å². The zero-order valence-corrected chi connectivity index (χ0v) is 31.9. The summed E-state index contributed by atoms with van der Waals surface area (Å²) in [4.78, 5) is 67.7. The lowest BCUT2D eigenvalue weighted by Gasteiger charge is -2.65. The van der Waals surface area contributed by atoms with Crippen molar-refractivity contribution in [2.45, 2.75) is 123 Å². The SMILES string of the molecule is CC(C)(C)COC(=O)C12CC3CC(C1)C1(OCC(COC(=O)C45CC6CC(C4)C(=O)C(C6)C5)(COC(=O)C45CC6CC(C4)C(=O)C(C6)C5)CO1)C(C3)C2. The normalized spacial score (nSPS) is 49.8. The van der Waals surface area contributed by atoms with E-state index in [9.17, 15) is 24.0 Å². The molecule has 0 aromatic heterocycles. The molecule has 0 aromatic rings. The molecule has 0 N–H and O–H groups in total.